The van der Waals surface area contributed by atoms with E-state index in [9.17, 15) is 9.59 Å². The summed E-state index contributed by atoms with van der Waals surface area (Å²) in [5.41, 5.74) is -0.853. The maximum Gasteiger partial charge on any atom is 0.248 e. The van der Waals surface area contributed by atoms with Crippen LogP contribution >= 0.6 is 0 Å². The van der Waals surface area contributed by atoms with Crippen LogP contribution in [0.5, 0.6) is 0 Å². The lowest BCUT2D eigenvalue weighted by molar-refractivity contribution is -0.139. The first-order valence-corrected chi connectivity index (χ1v) is 6.57. The highest BCUT2D eigenvalue weighted by Gasteiger charge is 2.39. The summed E-state index contributed by atoms with van der Waals surface area (Å²) in [5, 5.41) is 2.75. The molecule has 1 atom stereocenters. The number of methoxy groups -OCH3 is 1. The Morgan fingerprint density at radius 1 is 1.32 bits per heavy atom. The Morgan fingerprint density at radius 2 is 2.00 bits per heavy atom. The van der Waals surface area contributed by atoms with Crippen LogP contribution in [0.3, 0.4) is 0 Å². The number of rotatable bonds is 6. The van der Waals surface area contributed by atoms with E-state index in [1.807, 2.05) is 6.92 Å². The highest BCUT2D eigenvalue weighted by atomic mass is 16.5. The summed E-state index contributed by atoms with van der Waals surface area (Å²) in [7, 11) is 1.61. The molecule has 0 aromatic carbocycles. The topological polar surface area (TPSA) is 67.9 Å². The quantitative estimate of drug-likeness (QED) is 0.700. The van der Waals surface area contributed by atoms with Crippen molar-refractivity contribution in [1.82, 2.24) is 10.2 Å². The number of carbonyl (C=O) groups excluding carboxylic acids is 2. The molecule has 0 aromatic rings. The fourth-order valence-electron chi connectivity index (χ4n) is 2.12. The van der Waals surface area contributed by atoms with Gasteiger partial charge in [0.1, 0.15) is 5.54 Å². The minimum Gasteiger partial charge on any atom is -0.382 e. The van der Waals surface area contributed by atoms with Crippen molar-refractivity contribution in [2.75, 3.05) is 33.5 Å². The second kappa shape index (κ2) is 6.86. The van der Waals surface area contributed by atoms with Crippen molar-refractivity contribution in [1.29, 1.82) is 0 Å². The van der Waals surface area contributed by atoms with Gasteiger partial charge in [0.2, 0.25) is 11.8 Å². The third-order valence-corrected chi connectivity index (χ3v) is 3.17. The summed E-state index contributed by atoms with van der Waals surface area (Å²) < 4.78 is 10.3. The van der Waals surface area contributed by atoms with Crippen LogP contribution in [0.4, 0.5) is 0 Å². The smallest absolute Gasteiger partial charge is 0.248 e. The number of nitrogens with one attached hydrogen (secondary N) is 1. The van der Waals surface area contributed by atoms with Crippen molar-refractivity contribution in [3.8, 4) is 0 Å². The minimum absolute atomic E-state index is 0.0683. The van der Waals surface area contributed by atoms with Crippen LogP contribution in [0, 0.1) is 0 Å². The molecule has 6 nitrogen and oxygen atoms in total. The zero-order chi connectivity index (χ0) is 14.5. The average molecular weight is 272 g/mol. The second-order valence-electron chi connectivity index (χ2n) is 5.33. The van der Waals surface area contributed by atoms with Crippen molar-refractivity contribution < 1.29 is 19.1 Å². The van der Waals surface area contributed by atoms with Crippen LogP contribution in [0.2, 0.25) is 0 Å². The Morgan fingerprint density at radius 3 is 2.63 bits per heavy atom. The Hall–Kier alpha value is -1.14. The summed E-state index contributed by atoms with van der Waals surface area (Å²) in [6.07, 6.45) is 0.327. The fourth-order valence-corrected chi connectivity index (χ4v) is 2.12. The van der Waals surface area contributed by atoms with Gasteiger partial charge in [-0.2, -0.15) is 0 Å². The molecule has 0 aromatic heterocycles. The first-order valence-electron chi connectivity index (χ1n) is 6.57. The molecule has 1 fully saturated rings. The third-order valence-electron chi connectivity index (χ3n) is 3.17. The maximum atomic E-state index is 12.4. The summed E-state index contributed by atoms with van der Waals surface area (Å²) in [5.74, 6) is -0.158. The van der Waals surface area contributed by atoms with Crippen LogP contribution < -0.4 is 5.32 Å². The van der Waals surface area contributed by atoms with E-state index in [-0.39, 0.29) is 17.9 Å². The molecule has 6 heteroatoms. The van der Waals surface area contributed by atoms with Gasteiger partial charge in [0.25, 0.3) is 0 Å². The number of hydrogen-bond acceptors (Lipinski definition) is 4. The Kier molecular flexibility index (Phi) is 5.75. The molecule has 0 spiro atoms. The predicted molar refractivity (Wildman–Crippen MR) is 70.7 cm³/mol. The average Bonchev–Trinajstić information content (AvgIpc) is 2.37. The van der Waals surface area contributed by atoms with Gasteiger partial charge < -0.3 is 19.7 Å². The zero-order valence-electron chi connectivity index (χ0n) is 12.2. The van der Waals surface area contributed by atoms with Gasteiger partial charge in [0.05, 0.1) is 19.8 Å². The number of ether oxygens (including phenoxy) is 2. The minimum atomic E-state index is -0.853. The summed E-state index contributed by atoms with van der Waals surface area (Å²) in [4.78, 5) is 25.8. The molecule has 1 N–H and O–H groups in total. The van der Waals surface area contributed by atoms with E-state index in [2.05, 4.69) is 5.32 Å². The van der Waals surface area contributed by atoms with Crippen molar-refractivity contribution in [3.05, 3.63) is 0 Å². The van der Waals surface area contributed by atoms with Gasteiger partial charge in [0, 0.05) is 26.1 Å². The molecule has 1 aliphatic heterocycles. The molecule has 110 valence electrons. The Labute approximate surface area is 114 Å². The first-order chi connectivity index (χ1) is 8.88. The lowest BCUT2D eigenvalue weighted by atomic mass is 10.0. The molecule has 0 aliphatic carbocycles. The highest BCUT2D eigenvalue weighted by molar-refractivity contribution is 5.93. The molecule has 1 saturated heterocycles. The van der Waals surface area contributed by atoms with E-state index in [1.54, 1.807) is 25.9 Å². The van der Waals surface area contributed by atoms with Gasteiger partial charge in [-0.25, -0.2) is 0 Å². The SMILES string of the molecule is COCCOCCN1C(=O)C(C)(C)NC(=O)CC1C. The predicted octanol–water partition coefficient (Wildman–Crippen LogP) is 0.165. The van der Waals surface area contributed by atoms with E-state index in [4.69, 9.17) is 9.47 Å². The monoisotopic (exact) mass is 272 g/mol. The summed E-state index contributed by atoms with van der Waals surface area (Å²) >= 11 is 0. The van der Waals surface area contributed by atoms with Crippen LogP contribution in [0.1, 0.15) is 27.2 Å². The van der Waals surface area contributed by atoms with Gasteiger partial charge in [-0.1, -0.05) is 0 Å². The normalized spacial score (nSPS) is 23.2. The van der Waals surface area contributed by atoms with Crippen LogP contribution in [0.15, 0.2) is 0 Å². The van der Waals surface area contributed by atoms with Gasteiger partial charge in [0.15, 0.2) is 0 Å². The molecule has 19 heavy (non-hydrogen) atoms. The number of nitrogens with zero attached hydrogens (tertiary/aromatic N) is 1. The van der Waals surface area contributed by atoms with Gasteiger partial charge >= 0.3 is 0 Å². The lowest BCUT2D eigenvalue weighted by Gasteiger charge is -2.31. The van der Waals surface area contributed by atoms with Gasteiger partial charge in [-0.05, 0) is 20.8 Å². The third kappa shape index (κ3) is 4.47. The lowest BCUT2D eigenvalue weighted by Crippen LogP contribution is -2.54. The second-order valence-corrected chi connectivity index (χ2v) is 5.33. The molecule has 1 heterocycles. The Bertz CT molecular complexity index is 331. The van der Waals surface area contributed by atoms with Crippen LogP contribution in [-0.2, 0) is 19.1 Å². The van der Waals surface area contributed by atoms with Gasteiger partial charge in [-0.3, -0.25) is 9.59 Å². The maximum absolute atomic E-state index is 12.4. The number of carbonyl (C=O) groups is 2. The van der Waals surface area contributed by atoms with Crippen LogP contribution in [-0.4, -0.2) is 61.8 Å². The molecule has 1 aliphatic rings. The van der Waals surface area contributed by atoms with Crippen LogP contribution in [0.25, 0.3) is 0 Å². The number of amides is 2. The largest absolute Gasteiger partial charge is 0.382 e. The first kappa shape index (κ1) is 15.9. The van der Waals surface area contributed by atoms with Crippen molar-refractivity contribution in [2.24, 2.45) is 0 Å². The standard InChI is InChI=1S/C13H24N2O4/c1-10-9-11(16)14-13(2,3)12(17)15(10)5-6-19-8-7-18-4/h10H,5-9H2,1-4H3,(H,14,16). The highest BCUT2D eigenvalue weighted by Crippen LogP contribution is 2.17. The molecule has 0 bridgehead atoms. The molecule has 0 radical (unpaired) electrons. The molecular formula is C13H24N2O4. The van der Waals surface area contributed by atoms with E-state index >= 15 is 0 Å². The van der Waals surface area contributed by atoms with Gasteiger partial charge in [-0.15, -0.1) is 0 Å². The van der Waals surface area contributed by atoms with E-state index in [0.29, 0.717) is 32.8 Å². The summed E-state index contributed by atoms with van der Waals surface area (Å²) in [6, 6.07) is -0.111. The summed E-state index contributed by atoms with van der Waals surface area (Å²) in [6.45, 7) is 7.32. The van der Waals surface area contributed by atoms with Crippen molar-refractivity contribution in [3.63, 3.8) is 0 Å². The van der Waals surface area contributed by atoms with E-state index in [0.717, 1.165) is 0 Å². The molecule has 1 rings (SSSR count). The van der Waals surface area contributed by atoms with E-state index < -0.39 is 5.54 Å². The van der Waals surface area contributed by atoms with E-state index in [1.165, 1.54) is 0 Å². The molecule has 1 unspecified atom stereocenters. The molecule has 0 saturated carbocycles. The Balaban J connectivity index is 2.57. The molecular weight excluding hydrogens is 248 g/mol. The number of hydrogen-bond donors (Lipinski definition) is 1. The van der Waals surface area contributed by atoms with Crippen molar-refractivity contribution >= 4 is 11.8 Å². The van der Waals surface area contributed by atoms with Crippen molar-refractivity contribution in [2.45, 2.75) is 38.8 Å². The molecule has 2 amide bonds. The zero-order valence-corrected chi connectivity index (χ0v) is 12.2. The fraction of sp³-hybridized carbons (Fsp3) is 0.846.